The number of hydrogen-bond acceptors (Lipinski definition) is 4. The monoisotopic (exact) mass is 365 g/mol. The van der Waals surface area contributed by atoms with Crippen LogP contribution in [0.3, 0.4) is 0 Å². The number of aromatic nitrogens is 1. The Balaban J connectivity index is 1.94. The number of hydrogen-bond donors (Lipinski definition) is 2. The van der Waals surface area contributed by atoms with Gasteiger partial charge in [0, 0.05) is 12.5 Å². The molecule has 1 atom stereocenters. The van der Waals surface area contributed by atoms with Gasteiger partial charge in [0.15, 0.2) is 5.13 Å². The number of carbonyl (C=O) groups is 2. The molecule has 3 rings (SSSR count). The molecule has 0 radical (unpaired) electrons. The Morgan fingerprint density at radius 2 is 1.54 bits per heavy atom. The lowest BCUT2D eigenvalue weighted by atomic mass is 10.1. The van der Waals surface area contributed by atoms with Crippen molar-refractivity contribution in [3.8, 4) is 21.7 Å². The number of thiazole rings is 1. The summed E-state index contributed by atoms with van der Waals surface area (Å²) in [5.41, 5.74) is 2.85. The van der Waals surface area contributed by atoms with Crippen molar-refractivity contribution in [2.45, 2.75) is 19.9 Å². The number of amides is 2. The van der Waals surface area contributed by atoms with Gasteiger partial charge in [0.2, 0.25) is 11.8 Å². The second kappa shape index (κ2) is 7.93. The van der Waals surface area contributed by atoms with Crippen molar-refractivity contribution < 1.29 is 9.59 Å². The first kappa shape index (κ1) is 17.8. The van der Waals surface area contributed by atoms with Crippen LogP contribution in [-0.4, -0.2) is 22.8 Å². The molecular weight excluding hydrogens is 346 g/mol. The largest absolute Gasteiger partial charge is 0.345 e. The topological polar surface area (TPSA) is 71.1 Å². The van der Waals surface area contributed by atoms with E-state index in [-0.39, 0.29) is 11.8 Å². The van der Waals surface area contributed by atoms with E-state index in [0.29, 0.717) is 5.13 Å². The Morgan fingerprint density at radius 3 is 2.12 bits per heavy atom. The number of rotatable bonds is 5. The van der Waals surface area contributed by atoms with Gasteiger partial charge in [-0.25, -0.2) is 4.98 Å². The minimum absolute atomic E-state index is 0.248. The zero-order chi connectivity index (χ0) is 18.5. The zero-order valence-corrected chi connectivity index (χ0v) is 15.3. The van der Waals surface area contributed by atoms with Gasteiger partial charge in [-0.1, -0.05) is 72.0 Å². The fourth-order valence-corrected chi connectivity index (χ4v) is 3.53. The summed E-state index contributed by atoms with van der Waals surface area (Å²) in [5, 5.41) is 5.88. The molecule has 2 aromatic carbocycles. The van der Waals surface area contributed by atoms with E-state index in [0.717, 1.165) is 21.7 Å². The predicted molar refractivity (Wildman–Crippen MR) is 105 cm³/mol. The number of carbonyl (C=O) groups excluding carboxylic acids is 2. The number of nitrogens with one attached hydrogen (secondary N) is 2. The van der Waals surface area contributed by atoms with E-state index in [1.54, 1.807) is 6.92 Å². The van der Waals surface area contributed by atoms with Gasteiger partial charge in [-0.3, -0.25) is 9.59 Å². The number of anilines is 1. The minimum atomic E-state index is -0.628. The third-order valence-electron chi connectivity index (χ3n) is 3.75. The highest BCUT2D eigenvalue weighted by atomic mass is 32.1. The molecule has 1 unspecified atom stereocenters. The molecule has 0 aliphatic heterocycles. The molecule has 0 saturated carbocycles. The Labute approximate surface area is 156 Å². The van der Waals surface area contributed by atoms with Gasteiger partial charge >= 0.3 is 0 Å². The summed E-state index contributed by atoms with van der Waals surface area (Å²) in [4.78, 5) is 29.0. The molecule has 0 saturated heterocycles. The molecule has 0 fully saturated rings. The van der Waals surface area contributed by atoms with Gasteiger partial charge in [-0.05, 0) is 12.5 Å². The third kappa shape index (κ3) is 4.15. The minimum Gasteiger partial charge on any atom is -0.345 e. The predicted octanol–water partition coefficient (Wildman–Crippen LogP) is 3.94. The molecule has 0 aliphatic rings. The van der Waals surface area contributed by atoms with Gasteiger partial charge in [-0.2, -0.15) is 0 Å². The average Bonchev–Trinajstić information content (AvgIpc) is 3.06. The van der Waals surface area contributed by atoms with E-state index >= 15 is 0 Å². The summed E-state index contributed by atoms with van der Waals surface area (Å²) < 4.78 is 0. The third-order valence-corrected chi connectivity index (χ3v) is 4.77. The van der Waals surface area contributed by atoms with Crippen LogP contribution in [0.15, 0.2) is 60.7 Å². The maximum absolute atomic E-state index is 12.3. The Morgan fingerprint density at radius 1 is 0.962 bits per heavy atom. The molecule has 1 heterocycles. The maximum Gasteiger partial charge on any atom is 0.248 e. The van der Waals surface area contributed by atoms with Crippen LogP contribution in [-0.2, 0) is 9.59 Å². The van der Waals surface area contributed by atoms with Gasteiger partial charge in [0.1, 0.15) is 6.04 Å². The van der Waals surface area contributed by atoms with E-state index in [4.69, 9.17) is 0 Å². The van der Waals surface area contributed by atoms with Gasteiger partial charge in [-0.15, -0.1) is 0 Å². The first-order valence-electron chi connectivity index (χ1n) is 8.24. The number of nitrogens with zero attached hydrogens (tertiary/aromatic N) is 1. The van der Waals surface area contributed by atoms with Crippen LogP contribution in [0, 0.1) is 0 Å². The van der Waals surface area contributed by atoms with E-state index < -0.39 is 6.04 Å². The smallest absolute Gasteiger partial charge is 0.248 e. The van der Waals surface area contributed by atoms with Gasteiger partial charge in [0.05, 0.1) is 10.6 Å². The Hall–Kier alpha value is -2.99. The second-order valence-electron chi connectivity index (χ2n) is 5.84. The fourth-order valence-electron chi connectivity index (χ4n) is 2.53. The molecule has 132 valence electrons. The maximum atomic E-state index is 12.3. The molecule has 2 amide bonds. The van der Waals surface area contributed by atoms with Crippen molar-refractivity contribution in [1.29, 1.82) is 0 Å². The van der Waals surface area contributed by atoms with Gasteiger partial charge < -0.3 is 10.6 Å². The average molecular weight is 365 g/mol. The highest BCUT2D eigenvalue weighted by molar-refractivity contribution is 7.19. The SMILES string of the molecule is CC(=O)NC(C)C(=O)Nc1nc(-c2ccccc2)c(-c2ccccc2)s1. The quantitative estimate of drug-likeness (QED) is 0.719. The Kier molecular flexibility index (Phi) is 5.43. The molecule has 6 heteroatoms. The normalized spacial score (nSPS) is 11.6. The van der Waals surface area contributed by atoms with Crippen LogP contribution >= 0.6 is 11.3 Å². The molecular formula is C20H19N3O2S. The fraction of sp³-hybridized carbons (Fsp3) is 0.150. The standard InChI is InChI=1S/C20H19N3O2S/c1-13(21-14(2)24)19(25)23-20-22-17(15-9-5-3-6-10-15)18(26-20)16-11-7-4-8-12-16/h3-13H,1-2H3,(H,21,24)(H,22,23,25). The number of benzene rings is 2. The van der Waals surface area contributed by atoms with E-state index in [2.05, 4.69) is 15.6 Å². The molecule has 26 heavy (non-hydrogen) atoms. The lowest BCUT2D eigenvalue weighted by Crippen LogP contribution is -2.40. The molecule has 0 spiro atoms. The summed E-state index contributed by atoms with van der Waals surface area (Å²) in [7, 11) is 0. The van der Waals surface area contributed by atoms with Crippen LogP contribution in [0.1, 0.15) is 13.8 Å². The van der Waals surface area contributed by atoms with Crippen LogP contribution < -0.4 is 10.6 Å². The highest BCUT2D eigenvalue weighted by Gasteiger charge is 2.19. The van der Waals surface area contributed by atoms with Crippen LogP contribution in [0.5, 0.6) is 0 Å². The van der Waals surface area contributed by atoms with Crippen molar-refractivity contribution in [3.05, 3.63) is 60.7 Å². The van der Waals surface area contributed by atoms with E-state index in [9.17, 15) is 9.59 Å². The van der Waals surface area contributed by atoms with Crippen LogP contribution in [0.2, 0.25) is 0 Å². The Bertz CT molecular complexity index is 850. The summed E-state index contributed by atoms with van der Waals surface area (Å²) in [6.07, 6.45) is 0. The summed E-state index contributed by atoms with van der Waals surface area (Å²) >= 11 is 1.42. The van der Waals surface area contributed by atoms with E-state index in [1.807, 2.05) is 60.7 Å². The lowest BCUT2D eigenvalue weighted by Gasteiger charge is -2.10. The molecule has 5 nitrogen and oxygen atoms in total. The highest BCUT2D eigenvalue weighted by Crippen LogP contribution is 2.38. The molecule has 0 bridgehead atoms. The molecule has 3 aromatic rings. The van der Waals surface area contributed by atoms with Crippen molar-refractivity contribution >= 4 is 28.3 Å². The molecule has 2 N–H and O–H groups in total. The van der Waals surface area contributed by atoms with Crippen molar-refractivity contribution in [3.63, 3.8) is 0 Å². The first-order valence-corrected chi connectivity index (χ1v) is 9.06. The first-order chi connectivity index (χ1) is 12.5. The van der Waals surface area contributed by atoms with Crippen molar-refractivity contribution in [2.24, 2.45) is 0 Å². The lowest BCUT2D eigenvalue weighted by molar-refractivity contribution is -0.124. The summed E-state index contributed by atoms with van der Waals surface area (Å²) in [6.45, 7) is 3.02. The van der Waals surface area contributed by atoms with Crippen molar-refractivity contribution in [1.82, 2.24) is 10.3 Å². The molecule has 0 aliphatic carbocycles. The van der Waals surface area contributed by atoms with Crippen LogP contribution in [0.25, 0.3) is 21.7 Å². The zero-order valence-electron chi connectivity index (χ0n) is 14.5. The molecule has 1 aromatic heterocycles. The van der Waals surface area contributed by atoms with Crippen molar-refractivity contribution in [2.75, 3.05) is 5.32 Å². The van der Waals surface area contributed by atoms with E-state index in [1.165, 1.54) is 18.3 Å². The summed E-state index contributed by atoms with van der Waals surface area (Å²) in [5.74, 6) is -0.546. The second-order valence-corrected chi connectivity index (χ2v) is 6.84. The van der Waals surface area contributed by atoms with Gasteiger partial charge in [0.25, 0.3) is 0 Å². The summed E-state index contributed by atoms with van der Waals surface area (Å²) in [6, 6.07) is 19.2. The van der Waals surface area contributed by atoms with Crippen LogP contribution in [0.4, 0.5) is 5.13 Å².